The predicted octanol–water partition coefficient (Wildman–Crippen LogP) is 1.24. The summed E-state index contributed by atoms with van der Waals surface area (Å²) in [6.07, 6.45) is 1.07. The number of hydrogen-bond acceptors (Lipinski definition) is 5. The molecule has 0 rings (SSSR count). The summed E-state index contributed by atoms with van der Waals surface area (Å²) >= 11 is 0. The van der Waals surface area contributed by atoms with E-state index < -0.39 is 14.0 Å². The van der Waals surface area contributed by atoms with Crippen LogP contribution in [-0.4, -0.2) is 38.6 Å². The molecule has 0 saturated carbocycles. The van der Waals surface area contributed by atoms with E-state index >= 15 is 0 Å². The Hall–Kier alpha value is -0.640. The second kappa shape index (κ2) is 8.65. The Morgan fingerprint density at radius 2 is 2.27 bits per heavy atom. The molecule has 0 N–H and O–H groups in total. The molecule has 0 fully saturated rings. The molecule has 0 aliphatic carbocycles. The zero-order valence-corrected chi connectivity index (χ0v) is 10.0. The molecule has 0 aliphatic rings. The van der Waals surface area contributed by atoms with Crippen molar-refractivity contribution in [3.05, 3.63) is 12.7 Å². The molecule has 0 spiro atoms. The number of rotatable bonds is 8. The van der Waals surface area contributed by atoms with E-state index in [4.69, 9.17) is 9.26 Å². The number of ether oxygens (including phenoxy) is 2. The molecule has 0 amide bonds. The van der Waals surface area contributed by atoms with E-state index in [1.807, 2.05) is 0 Å². The Morgan fingerprint density at radius 3 is 2.80 bits per heavy atom. The highest BCUT2D eigenvalue weighted by Gasteiger charge is 2.07. The minimum absolute atomic E-state index is 0.0857. The first-order valence-electron chi connectivity index (χ1n) is 4.57. The van der Waals surface area contributed by atoms with Crippen molar-refractivity contribution in [1.29, 1.82) is 0 Å². The van der Waals surface area contributed by atoms with Crippen LogP contribution in [0.4, 0.5) is 0 Å². The van der Waals surface area contributed by atoms with Crippen LogP contribution < -0.4 is 0 Å². The van der Waals surface area contributed by atoms with Crippen LogP contribution in [0.1, 0.15) is 6.92 Å². The van der Waals surface area contributed by atoms with Crippen LogP contribution in [0.2, 0.25) is 0 Å². The molecule has 0 aromatic heterocycles. The Bertz CT molecular complexity index is 229. The van der Waals surface area contributed by atoms with E-state index in [1.54, 1.807) is 14.0 Å². The van der Waals surface area contributed by atoms with Gasteiger partial charge in [0, 0.05) is 13.2 Å². The van der Waals surface area contributed by atoms with Gasteiger partial charge < -0.3 is 14.0 Å². The fraction of sp³-hybridized carbons (Fsp3) is 0.667. The average molecular weight is 236 g/mol. The highest BCUT2D eigenvalue weighted by molar-refractivity contribution is 7.39. The second-order valence-corrected chi connectivity index (χ2v) is 4.36. The number of methoxy groups -OCH3 is 1. The molecular weight excluding hydrogens is 219 g/mol. The standard InChI is InChI=1S/C9H17O5P/c1-4-9(10)13-5-6-15(11)14-8(2)7-12-3/h4,8,15H,1,5-7H2,2-3H3. The van der Waals surface area contributed by atoms with Crippen molar-refractivity contribution in [2.45, 2.75) is 13.0 Å². The van der Waals surface area contributed by atoms with Gasteiger partial charge in [-0.25, -0.2) is 4.79 Å². The van der Waals surface area contributed by atoms with Crippen LogP contribution in [-0.2, 0) is 23.4 Å². The number of carbonyl (C=O) groups is 1. The van der Waals surface area contributed by atoms with Crippen molar-refractivity contribution in [2.75, 3.05) is 26.5 Å². The Morgan fingerprint density at radius 1 is 1.60 bits per heavy atom. The SMILES string of the molecule is C=CC(=O)OCC[PH](=O)OC(C)COC. The summed E-state index contributed by atoms with van der Waals surface area (Å²) in [4.78, 5) is 10.6. The lowest BCUT2D eigenvalue weighted by Crippen LogP contribution is -2.12. The van der Waals surface area contributed by atoms with Crippen molar-refractivity contribution >= 4 is 14.0 Å². The minimum atomic E-state index is -2.16. The lowest BCUT2D eigenvalue weighted by molar-refractivity contribution is -0.137. The summed E-state index contributed by atoms with van der Waals surface area (Å²) in [5.74, 6) is -0.519. The first-order chi connectivity index (χ1) is 7.10. The molecule has 0 aromatic rings. The monoisotopic (exact) mass is 236 g/mol. The summed E-state index contributed by atoms with van der Waals surface area (Å²) in [6, 6.07) is 0. The molecule has 0 aliphatic heterocycles. The summed E-state index contributed by atoms with van der Waals surface area (Å²) in [6.45, 7) is 5.48. The molecule has 2 unspecified atom stereocenters. The quantitative estimate of drug-likeness (QED) is 0.360. The highest BCUT2D eigenvalue weighted by atomic mass is 31.1. The maximum absolute atomic E-state index is 11.3. The maximum atomic E-state index is 11.3. The number of carbonyl (C=O) groups excluding carboxylic acids is 1. The van der Waals surface area contributed by atoms with Gasteiger partial charge in [0.05, 0.1) is 18.9 Å². The van der Waals surface area contributed by atoms with Gasteiger partial charge in [0.25, 0.3) is 0 Å². The van der Waals surface area contributed by atoms with Crippen molar-refractivity contribution in [3.8, 4) is 0 Å². The molecule has 5 nitrogen and oxygen atoms in total. The molecule has 0 radical (unpaired) electrons. The zero-order chi connectivity index (χ0) is 11.7. The Balaban J connectivity index is 3.57. The van der Waals surface area contributed by atoms with Gasteiger partial charge >= 0.3 is 5.97 Å². The van der Waals surface area contributed by atoms with Crippen molar-refractivity contribution in [3.63, 3.8) is 0 Å². The van der Waals surface area contributed by atoms with Crippen LogP contribution in [0.15, 0.2) is 12.7 Å². The first-order valence-corrected chi connectivity index (χ1v) is 6.10. The van der Waals surface area contributed by atoms with Gasteiger partial charge in [-0.15, -0.1) is 0 Å². The van der Waals surface area contributed by atoms with Gasteiger partial charge in [0.2, 0.25) is 0 Å². The molecule has 2 atom stereocenters. The fourth-order valence-electron chi connectivity index (χ4n) is 0.846. The van der Waals surface area contributed by atoms with Crippen LogP contribution in [0.3, 0.4) is 0 Å². The number of hydrogen-bond donors (Lipinski definition) is 0. The molecule has 0 saturated heterocycles. The molecule has 88 valence electrons. The van der Waals surface area contributed by atoms with E-state index in [2.05, 4.69) is 11.3 Å². The summed E-state index contributed by atoms with van der Waals surface area (Å²) in [7, 11) is -0.611. The van der Waals surface area contributed by atoms with Crippen LogP contribution in [0.25, 0.3) is 0 Å². The summed E-state index contributed by atoms with van der Waals surface area (Å²) < 4.78 is 25.9. The van der Waals surface area contributed by atoms with E-state index in [1.165, 1.54) is 0 Å². The van der Waals surface area contributed by atoms with Crippen LogP contribution in [0.5, 0.6) is 0 Å². The molecule has 0 heterocycles. The van der Waals surface area contributed by atoms with Crippen molar-refractivity contribution in [1.82, 2.24) is 0 Å². The topological polar surface area (TPSA) is 61.8 Å². The van der Waals surface area contributed by atoms with Crippen LogP contribution in [0, 0.1) is 0 Å². The van der Waals surface area contributed by atoms with Crippen molar-refractivity contribution < 1.29 is 23.4 Å². The highest BCUT2D eigenvalue weighted by Crippen LogP contribution is 2.23. The Kier molecular flexibility index (Phi) is 8.28. The largest absolute Gasteiger partial charge is 0.462 e. The minimum Gasteiger partial charge on any atom is -0.462 e. The van der Waals surface area contributed by atoms with Crippen molar-refractivity contribution in [2.24, 2.45) is 0 Å². The molecule has 0 aromatic carbocycles. The van der Waals surface area contributed by atoms with E-state index in [-0.39, 0.29) is 18.9 Å². The van der Waals surface area contributed by atoms with Gasteiger partial charge in [0.15, 0.2) is 8.03 Å². The predicted molar refractivity (Wildman–Crippen MR) is 57.4 cm³/mol. The molecule has 0 bridgehead atoms. The summed E-state index contributed by atoms with van der Waals surface area (Å²) in [5.41, 5.74) is 0. The smallest absolute Gasteiger partial charge is 0.330 e. The third kappa shape index (κ3) is 8.36. The third-order valence-corrected chi connectivity index (χ3v) is 2.73. The first kappa shape index (κ1) is 14.4. The lowest BCUT2D eigenvalue weighted by Gasteiger charge is -2.11. The third-order valence-electron chi connectivity index (χ3n) is 1.45. The molecule has 6 heteroatoms. The Labute approximate surface area is 90.3 Å². The second-order valence-electron chi connectivity index (χ2n) is 2.88. The van der Waals surface area contributed by atoms with Gasteiger partial charge in [-0.1, -0.05) is 6.58 Å². The van der Waals surface area contributed by atoms with E-state index in [9.17, 15) is 9.36 Å². The molecular formula is C9H17O5P. The normalized spacial score (nSPS) is 14.3. The van der Waals surface area contributed by atoms with E-state index in [0.717, 1.165) is 6.08 Å². The molecule has 15 heavy (non-hydrogen) atoms. The maximum Gasteiger partial charge on any atom is 0.330 e. The summed E-state index contributed by atoms with van der Waals surface area (Å²) in [5, 5.41) is 0. The lowest BCUT2D eigenvalue weighted by atomic mass is 10.5. The van der Waals surface area contributed by atoms with Gasteiger partial charge in [-0.2, -0.15) is 0 Å². The van der Waals surface area contributed by atoms with Gasteiger partial charge in [-0.3, -0.25) is 4.57 Å². The number of esters is 1. The fourth-order valence-corrected chi connectivity index (χ4v) is 1.75. The van der Waals surface area contributed by atoms with Gasteiger partial charge in [0.1, 0.15) is 6.61 Å². The van der Waals surface area contributed by atoms with E-state index in [0.29, 0.717) is 6.61 Å². The average Bonchev–Trinajstić information content (AvgIpc) is 2.17. The van der Waals surface area contributed by atoms with Crippen LogP contribution >= 0.6 is 8.03 Å². The zero-order valence-electron chi connectivity index (χ0n) is 9.02. The van der Waals surface area contributed by atoms with Gasteiger partial charge in [-0.05, 0) is 6.92 Å².